The molecule has 0 aliphatic heterocycles. The van der Waals surface area contributed by atoms with Crippen LogP contribution in [0.4, 0.5) is 0 Å². The van der Waals surface area contributed by atoms with E-state index in [1.165, 1.54) is 11.1 Å². The van der Waals surface area contributed by atoms with Crippen LogP contribution in [0, 0.1) is 0 Å². The Bertz CT molecular complexity index is 392. The molecule has 2 unspecified atom stereocenters. The molecule has 2 aromatic rings. The third kappa shape index (κ3) is 3.30. The first-order chi connectivity index (χ1) is 8.27. The van der Waals surface area contributed by atoms with E-state index in [2.05, 4.69) is 74.5 Å². The summed E-state index contributed by atoms with van der Waals surface area (Å²) in [5.41, 5.74) is 4.35. The van der Waals surface area contributed by atoms with E-state index in [0.717, 1.165) is 0 Å². The molecule has 17 heavy (non-hydrogen) atoms. The third-order valence-corrected chi connectivity index (χ3v) is 5.15. The van der Waals surface area contributed by atoms with E-state index in [-0.39, 0.29) is 0 Å². The summed E-state index contributed by atoms with van der Waals surface area (Å²) in [6, 6.07) is 21.7. The molecule has 0 spiro atoms. The van der Waals surface area contributed by atoms with Crippen LogP contribution >= 0.6 is 0 Å². The molecular formula is C16H19Si. The van der Waals surface area contributed by atoms with Gasteiger partial charge in [-0.15, -0.1) is 0 Å². The van der Waals surface area contributed by atoms with Gasteiger partial charge < -0.3 is 0 Å². The SMILES string of the molecule is CC([SiH]C(C)c1ccccc1)c1ccccc1. The molecular weight excluding hydrogens is 220 g/mol. The van der Waals surface area contributed by atoms with Gasteiger partial charge in [0.2, 0.25) is 0 Å². The van der Waals surface area contributed by atoms with Gasteiger partial charge in [-0.1, -0.05) is 74.5 Å². The summed E-state index contributed by atoms with van der Waals surface area (Å²) < 4.78 is 0. The molecule has 1 heteroatoms. The Kier molecular flexibility index (Phi) is 4.16. The Morgan fingerprint density at radius 1 is 0.647 bits per heavy atom. The lowest BCUT2D eigenvalue weighted by Gasteiger charge is -2.17. The van der Waals surface area contributed by atoms with Gasteiger partial charge in [-0.25, -0.2) is 0 Å². The van der Waals surface area contributed by atoms with Crippen molar-refractivity contribution in [1.82, 2.24) is 0 Å². The molecule has 0 fully saturated rings. The van der Waals surface area contributed by atoms with Gasteiger partial charge in [-0.2, -0.15) is 0 Å². The van der Waals surface area contributed by atoms with E-state index < -0.39 is 0 Å². The van der Waals surface area contributed by atoms with Crippen molar-refractivity contribution in [3.8, 4) is 0 Å². The highest BCUT2D eigenvalue weighted by Gasteiger charge is 2.12. The number of rotatable bonds is 4. The fourth-order valence-corrected chi connectivity index (χ4v) is 3.92. The molecule has 0 aromatic heterocycles. The third-order valence-electron chi connectivity index (χ3n) is 3.23. The van der Waals surface area contributed by atoms with E-state index >= 15 is 0 Å². The first-order valence-electron chi connectivity index (χ1n) is 6.22. The van der Waals surface area contributed by atoms with Gasteiger partial charge in [0.05, 0.1) is 0 Å². The highest BCUT2D eigenvalue weighted by molar-refractivity contribution is 6.39. The lowest BCUT2D eigenvalue weighted by Crippen LogP contribution is -2.12. The molecule has 0 aliphatic carbocycles. The van der Waals surface area contributed by atoms with Crippen LogP contribution in [0.15, 0.2) is 60.7 Å². The van der Waals surface area contributed by atoms with Crippen LogP contribution in [0.3, 0.4) is 0 Å². The van der Waals surface area contributed by atoms with Crippen LogP contribution in [0.5, 0.6) is 0 Å². The minimum Gasteiger partial charge on any atom is -0.0622 e. The summed E-state index contributed by atoms with van der Waals surface area (Å²) in [5.74, 6) is 0. The lowest BCUT2D eigenvalue weighted by atomic mass is 10.1. The fourth-order valence-electron chi connectivity index (χ4n) is 2.17. The van der Waals surface area contributed by atoms with Crippen molar-refractivity contribution >= 4 is 9.52 Å². The van der Waals surface area contributed by atoms with Crippen LogP contribution in [0.25, 0.3) is 0 Å². The van der Waals surface area contributed by atoms with E-state index in [1.54, 1.807) is 0 Å². The zero-order chi connectivity index (χ0) is 12.1. The summed E-state index contributed by atoms with van der Waals surface area (Å²) in [5, 5.41) is 0. The fraction of sp³-hybridized carbons (Fsp3) is 0.250. The van der Waals surface area contributed by atoms with Crippen LogP contribution in [-0.4, -0.2) is 9.52 Å². The topological polar surface area (TPSA) is 0 Å². The van der Waals surface area contributed by atoms with Crippen molar-refractivity contribution < 1.29 is 0 Å². The molecule has 0 saturated carbocycles. The Morgan fingerprint density at radius 2 is 1.00 bits per heavy atom. The van der Waals surface area contributed by atoms with Crippen LogP contribution < -0.4 is 0 Å². The lowest BCUT2D eigenvalue weighted by molar-refractivity contribution is 0.976. The second kappa shape index (κ2) is 5.83. The molecule has 0 saturated heterocycles. The van der Waals surface area contributed by atoms with Crippen LogP contribution in [0.1, 0.15) is 36.1 Å². The monoisotopic (exact) mass is 239 g/mol. The van der Waals surface area contributed by atoms with E-state index in [9.17, 15) is 0 Å². The van der Waals surface area contributed by atoms with Crippen molar-refractivity contribution in [3.05, 3.63) is 71.8 Å². The van der Waals surface area contributed by atoms with Gasteiger partial charge in [0.1, 0.15) is 0 Å². The van der Waals surface area contributed by atoms with Crippen molar-refractivity contribution in [3.63, 3.8) is 0 Å². The Balaban J connectivity index is 2.02. The van der Waals surface area contributed by atoms with E-state index in [1.807, 2.05) is 0 Å². The van der Waals surface area contributed by atoms with E-state index in [0.29, 0.717) is 20.6 Å². The van der Waals surface area contributed by atoms with Crippen molar-refractivity contribution in [2.24, 2.45) is 0 Å². The van der Waals surface area contributed by atoms with Gasteiger partial charge in [-0.05, 0) is 22.2 Å². The summed E-state index contributed by atoms with van der Waals surface area (Å²) in [6.07, 6.45) is 0. The highest BCUT2D eigenvalue weighted by atomic mass is 28.2. The summed E-state index contributed by atoms with van der Waals surface area (Å²) in [7, 11) is 0.399. The summed E-state index contributed by atoms with van der Waals surface area (Å²) in [4.78, 5) is 0. The largest absolute Gasteiger partial charge is 0.0622 e. The molecule has 0 nitrogen and oxygen atoms in total. The second-order valence-electron chi connectivity index (χ2n) is 4.59. The predicted octanol–water partition coefficient (Wildman–Crippen LogP) is 3.95. The molecule has 0 amide bonds. The maximum Gasteiger partial charge on any atom is 0.0454 e. The average Bonchev–Trinajstić information content (AvgIpc) is 2.40. The minimum atomic E-state index is 0.399. The molecule has 0 aliphatic rings. The molecule has 0 heterocycles. The van der Waals surface area contributed by atoms with Gasteiger partial charge in [-0.3, -0.25) is 0 Å². The predicted molar refractivity (Wildman–Crippen MR) is 76.9 cm³/mol. The van der Waals surface area contributed by atoms with Gasteiger partial charge in [0.25, 0.3) is 0 Å². The number of hydrogen-bond donors (Lipinski definition) is 0. The number of benzene rings is 2. The van der Waals surface area contributed by atoms with Gasteiger partial charge >= 0.3 is 0 Å². The van der Waals surface area contributed by atoms with Crippen LogP contribution in [-0.2, 0) is 0 Å². The average molecular weight is 239 g/mol. The standard InChI is InChI=1S/C16H19Si/c1-13(15-9-5-3-6-10-15)17-14(2)16-11-7-4-8-12-16/h3-14,17H,1-2H3. The molecule has 2 atom stereocenters. The molecule has 87 valence electrons. The quantitative estimate of drug-likeness (QED) is 0.709. The maximum absolute atomic E-state index is 2.35. The van der Waals surface area contributed by atoms with Crippen molar-refractivity contribution in [1.29, 1.82) is 0 Å². The van der Waals surface area contributed by atoms with Gasteiger partial charge in [0, 0.05) is 9.52 Å². The molecule has 2 aromatic carbocycles. The minimum absolute atomic E-state index is 0.399. The Morgan fingerprint density at radius 3 is 1.35 bits per heavy atom. The summed E-state index contributed by atoms with van der Waals surface area (Å²) >= 11 is 0. The molecule has 0 bridgehead atoms. The molecule has 1 radical (unpaired) electrons. The number of hydrogen-bond acceptors (Lipinski definition) is 0. The first kappa shape index (κ1) is 12.1. The van der Waals surface area contributed by atoms with Crippen LogP contribution in [0.2, 0.25) is 0 Å². The van der Waals surface area contributed by atoms with Crippen molar-refractivity contribution in [2.75, 3.05) is 0 Å². The van der Waals surface area contributed by atoms with Gasteiger partial charge in [0.15, 0.2) is 0 Å². The Labute approximate surface area is 107 Å². The Hall–Kier alpha value is -1.34. The zero-order valence-corrected chi connectivity index (χ0v) is 11.7. The zero-order valence-electron chi connectivity index (χ0n) is 10.5. The summed E-state index contributed by atoms with van der Waals surface area (Å²) in [6.45, 7) is 4.70. The maximum atomic E-state index is 2.35. The second-order valence-corrected chi connectivity index (χ2v) is 6.98. The molecule has 0 N–H and O–H groups in total. The normalized spacial score (nSPS) is 14.2. The van der Waals surface area contributed by atoms with Crippen molar-refractivity contribution in [2.45, 2.75) is 24.9 Å². The highest BCUT2D eigenvalue weighted by Crippen LogP contribution is 2.21. The van der Waals surface area contributed by atoms with E-state index in [4.69, 9.17) is 0 Å². The first-order valence-corrected chi connectivity index (χ1v) is 7.55. The smallest absolute Gasteiger partial charge is 0.0454 e. The molecule has 2 rings (SSSR count).